The molecular weight excluding hydrogens is 270 g/mol. The Bertz CT molecular complexity index is 383. The minimum absolute atomic E-state index is 0.374. The van der Waals surface area contributed by atoms with Gasteiger partial charge < -0.3 is 9.30 Å². The Morgan fingerprint density at radius 1 is 1.50 bits per heavy atom. The van der Waals surface area contributed by atoms with Crippen LogP contribution in [0.2, 0.25) is 0 Å². The Balaban J connectivity index is 3.26. The number of aromatic nitrogens is 1. The largest absolute Gasteiger partial charge is 0.383 e. The molecule has 1 rings (SSSR count). The first-order valence-corrected chi connectivity index (χ1v) is 6.16. The number of aldehydes is 1. The molecule has 3 nitrogen and oxygen atoms in total. The van der Waals surface area contributed by atoms with Crippen molar-refractivity contribution < 1.29 is 9.53 Å². The summed E-state index contributed by atoms with van der Waals surface area (Å²) >= 11 is 3.51. The van der Waals surface area contributed by atoms with E-state index in [9.17, 15) is 4.79 Å². The lowest BCUT2D eigenvalue weighted by atomic mass is 10.1. The molecular formula is C12H18BrNO2. The van der Waals surface area contributed by atoms with E-state index >= 15 is 0 Å². The average Bonchev–Trinajstić information content (AvgIpc) is 2.47. The second-order valence-electron chi connectivity index (χ2n) is 4.12. The fourth-order valence-electron chi connectivity index (χ4n) is 1.91. The molecule has 0 atom stereocenters. The number of rotatable bonds is 5. The summed E-state index contributed by atoms with van der Waals surface area (Å²) in [4.78, 5) is 11.0. The van der Waals surface area contributed by atoms with Gasteiger partial charge in [-0.3, -0.25) is 4.79 Å². The number of hydrogen-bond acceptors (Lipinski definition) is 2. The number of carbonyl (C=O) groups is 1. The zero-order valence-corrected chi connectivity index (χ0v) is 11.8. The van der Waals surface area contributed by atoms with Gasteiger partial charge >= 0.3 is 0 Å². The second kappa shape index (κ2) is 5.64. The lowest BCUT2D eigenvalue weighted by Gasteiger charge is -2.14. The molecule has 0 spiro atoms. The molecule has 90 valence electrons. The molecule has 0 amide bonds. The molecule has 4 heteroatoms. The third-order valence-electron chi connectivity index (χ3n) is 2.73. The zero-order valence-electron chi connectivity index (χ0n) is 10.2. The van der Waals surface area contributed by atoms with Crippen molar-refractivity contribution in [2.75, 3.05) is 13.7 Å². The van der Waals surface area contributed by atoms with Crippen molar-refractivity contribution in [1.29, 1.82) is 0 Å². The van der Waals surface area contributed by atoms with Crippen molar-refractivity contribution >= 4 is 22.2 Å². The van der Waals surface area contributed by atoms with E-state index in [1.165, 1.54) is 0 Å². The van der Waals surface area contributed by atoms with Gasteiger partial charge in [0.05, 0.1) is 6.61 Å². The highest BCUT2D eigenvalue weighted by Crippen LogP contribution is 2.32. The molecule has 0 fully saturated rings. The lowest BCUT2D eigenvalue weighted by molar-refractivity contribution is 0.112. The van der Waals surface area contributed by atoms with Gasteiger partial charge in [0.2, 0.25) is 0 Å². The predicted molar refractivity (Wildman–Crippen MR) is 68.2 cm³/mol. The van der Waals surface area contributed by atoms with Gasteiger partial charge in [-0.05, 0) is 28.8 Å². The van der Waals surface area contributed by atoms with Crippen LogP contribution in [0.15, 0.2) is 4.47 Å². The summed E-state index contributed by atoms with van der Waals surface area (Å²) in [7, 11) is 1.68. The SMILES string of the molecule is COCCn1c(C)c(C=O)c(Br)c1C(C)C. The smallest absolute Gasteiger partial charge is 0.153 e. The van der Waals surface area contributed by atoms with E-state index in [2.05, 4.69) is 34.3 Å². The second-order valence-corrected chi connectivity index (χ2v) is 4.91. The van der Waals surface area contributed by atoms with Crippen LogP contribution in [0.25, 0.3) is 0 Å². The van der Waals surface area contributed by atoms with E-state index in [4.69, 9.17) is 4.74 Å². The number of nitrogens with zero attached hydrogens (tertiary/aromatic N) is 1. The van der Waals surface area contributed by atoms with Crippen molar-refractivity contribution in [3.8, 4) is 0 Å². The van der Waals surface area contributed by atoms with Gasteiger partial charge in [-0.25, -0.2) is 0 Å². The summed E-state index contributed by atoms with van der Waals surface area (Å²) in [5, 5.41) is 0. The molecule has 0 aliphatic carbocycles. The van der Waals surface area contributed by atoms with Crippen LogP contribution >= 0.6 is 15.9 Å². The van der Waals surface area contributed by atoms with Crippen LogP contribution in [0.3, 0.4) is 0 Å². The maximum atomic E-state index is 11.0. The van der Waals surface area contributed by atoms with Crippen molar-refractivity contribution in [3.63, 3.8) is 0 Å². The molecule has 0 radical (unpaired) electrons. The van der Waals surface area contributed by atoms with Gasteiger partial charge in [-0.2, -0.15) is 0 Å². The van der Waals surface area contributed by atoms with Crippen LogP contribution in [-0.2, 0) is 11.3 Å². The molecule has 0 unspecified atom stereocenters. The van der Waals surface area contributed by atoms with Crippen LogP contribution in [0.5, 0.6) is 0 Å². The van der Waals surface area contributed by atoms with E-state index in [0.29, 0.717) is 12.5 Å². The molecule has 0 aliphatic rings. The van der Waals surface area contributed by atoms with Gasteiger partial charge in [0, 0.05) is 35.1 Å². The third kappa shape index (κ3) is 2.38. The molecule has 0 saturated heterocycles. The van der Waals surface area contributed by atoms with Gasteiger partial charge in [-0.15, -0.1) is 0 Å². The summed E-state index contributed by atoms with van der Waals surface area (Å²) in [5.41, 5.74) is 2.92. The van der Waals surface area contributed by atoms with E-state index in [-0.39, 0.29) is 0 Å². The molecule has 0 aliphatic heterocycles. The van der Waals surface area contributed by atoms with Crippen molar-refractivity contribution in [1.82, 2.24) is 4.57 Å². The fraction of sp³-hybridized carbons (Fsp3) is 0.583. The maximum absolute atomic E-state index is 11.0. The normalized spacial score (nSPS) is 11.1. The van der Waals surface area contributed by atoms with Gasteiger partial charge in [0.15, 0.2) is 6.29 Å². The van der Waals surface area contributed by atoms with Crippen molar-refractivity contribution in [3.05, 3.63) is 21.4 Å². The molecule has 0 N–H and O–H groups in total. The summed E-state index contributed by atoms with van der Waals surface area (Å²) in [5.74, 6) is 0.374. The Labute approximate surface area is 105 Å². The number of methoxy groups -OCH3 is 1. The average molecular weight is 288 g/mol. The first-order chi connectivity index (χ1) is 7.54. The first kappa shape index (κ1) is 13.5. The van der Waals surface area contributed by atoms with Crippen LogP contribution in [-0.4, -0.2) is 24.6 Å². The predicted octanol–water partition coefficient (Wildman–Crippen LogP) is 3.14. The molecule has 16 heavy (non-hydrogen) atoms. The lowest BCUT2D eigenvalue weighted by Crippen LogP contribution is -2.10. The van der Waals surface area contributed by atoms with Gasteiger partial charge in [0.25, 0.3) is 0 Å². The van der Waals surface area contributed by atoms with Gasteiger partial charge in [0.1, 0.15) is 0 Å². The van der Waals surface area contributed by atoms with Crippen molar-refractivity contribution in [2.24, 2.45) is 0 Å². The summed E-state index contributed by atoms with van der Waals surface area (Å²) in [6.45, 7) is 7.65. The number of carbonyl (C=O) groups excluding carboxylic acids is 1. The standard InChI is InChI=1S/C12H18BrNO2/c1-8(2)12-11(13)10(7-15)9(3)14(12)5-6-16-4/h7-8H,5-6H2,1-4H3. The monoisotopic (exact) mass is 287 g/mol. The minimum Gasteiger partial charge on any atom is -0.383 e. The number of hydrogen-bond donors (Lipinski definition) is 0. The van der Waals surface area contributed by atoms with Crippen LogP contribution in [0.4, 0.5) is 0 Å². The number of ether oxygens (including phenoxy) is 1. The fourth-order valence-corrected chi connectivity index (χ4v) is 2.97. The molecule has 1 heterocycles. The van der Waals surface area contributed by atoms with Crippen LogP contribution in [0.1, 0.15) is 41.5 Å². The molecule has 0 saturated carbocycles. The Kier molecular flexibility index (Phi) is 4.74. The van der Waals surface area contributed by atoms with Gasteiger partial charge in [-0.1, -0.05) is 13.8 Å². The topological polar surface area (TPSA) is 31.2 Å². The summed E-state index contributed by atoms with van der Waals surface area (Å²) < 4.78 is 8.17. The number of halogens is 1. The Morgan fingerprint density at radius 2 is 2.12 bits per heavy atom. The third-order valence-corrected chi connectivity index (χ3v) is 3.56. The highest BCUT2D eigenvalue weighted by Gasteiger charge is 2.19. The summed E-state index contributed by atoms with van der Waals surface area (Å²) in [6.07, 6.45) is 0.911. The molecule has 0 bridgehead atoms. The highest BCUT2D eigenvalue weighted by atomic mass is 79.9. The minimum atomic E-state index is 0.374. The quantitative estimate of drug-likeness (QED) is 0.779. The van der Waals surface area contributed by atoms with E-state index < -0.39 is 0 Å². The van der Waals surface area contributed by atoms with E-state index in [0.717, 1.165) is 34.3 Å². The van der Waals surface area contributed by atoms with Crippen molar-refractivity contribution in [2.45, 2.75) is 33.2 Å². The summed E-state index contributed by atoms with van der Waals surface area (Å²) in [6, 6.07) is 0. The zero-order chi connectivity index (χ0) is 12.3. The first-order valence-electron chi connectivity index (χ1n) is 5.37. The Morgan fingerprint density at radius 3 is 2.56 bits per heavy atom. The van der Waals surface area contributed by atoms with Crippen LogP contribution < -0.4 is 0 Å². The molecule has 1 aromatic rings. The van der Waals surface area contributed by atoms with E-state index in [1.807, 2.05) is 6.92 Å². The highest BCUT2D eigenvalue weighted by molar-refractivity contribution is 9.10. The molecule has 1 aromatic heterocycles. The Hall–Kier alpha value is -0.610. The maximum Gasteiger partial charge on any atom is 0.153 e. The van der Waals surface area contributed by atoms with E-state index in [1.54, 1.807) is 7.11 Å². The molecule has 0 aromatic carbocycles. The van der Waals surface area contributed by atoms with Crippen LogP contribution in [0, 0.1) is 6.92 Å².